The molecule has 0 atom stereocenters. The van der Waals surface area contributed by atoms with Crippen LogP contribution in [0.1, 0.15) is 22.3 Å². The molecule has 0 heterocycles. The second kappa shape index (κ2) is 10.7. The van der Waals surface area contributed by atoms with E-state index < -0.39 is 5.91 Å². The molecule has 32 heavy (non-hydrogen) atoms. The van der Waals surface area contributed by atoms with Crippen LogP contribution >= 0.6 is 15.9 Å². The second-order valence-electron chi connectivity index (χ2n) is 7.21. The van der Waals surface area contributed by atoms with Gasteiger partial charge in [0.2, 0.25) is 0 Å². The minimum atomic E-state index is -0.483. The molecule has 0 saturated carbocycles. The molecule has 162 valence electrons. The van der Waals surface area contributed by atoms with Gasteiger partial charge in [-0.1, -0.05) is 40.2 Å². The predicted octanol–water partition coefficient (Wildman–Crippen LogP) is 6.20. The van der Waals surface area contributed by atoms with Gasteiger partial charge in [-0.05, 0) is 61.4 Å². The van der Waals surface area contributed by atoms with Crippen LogP contribution in [0, 0.1) is 25.2 Å². The molecule has 0 bridgehead atoms. The average molecular weight is 491 g/mol. The number of hydrogen-bond acceptors (Lipinski definition) is 4. The Labute approximate surface area is 196 Å². The first kappa shape index (κ1) is 23.1. The van der Waals surface area contributed by atoms with Crippen molar-refractivity contribution in [1.82, 2.24) is 0 Å². The number of halogens is 1. The normalized spacial score (nSPS) is 10.9. The van der Waals surface area contributed by atoms with Gasteiger partial charge in [0.15, 0.2) is 0 Å². The lowest BCUT2D eigenvalue weighted by atomic mass is 10.1. The number of aryl methyl sites for hydroxylation is 2. The zero-order valence-electron chi connectivity index (χ0n) is 18.1. The topological polar surface area (TPSA) is 71.3 Å². The van der Waals surface area contributed by atoms with E-state index in [9.17, 15) is 10.1 Å². The molecule has 0 spiro atoms. The lowest BCUT2D eigenvalue weighted by Crippen LogP contribution is -2.13. The monoisotopic (exact) mass is 490 g/mol. The van der Waals surface area contributed by atoms with Crippen LogP contribution in [0.15, 0.2) is 70.7 Å². The fourth-order valence-corrected chi connectivity index (χ4v) is 3.38. The van der Waals surface area contributed by atoms with Crippen molar-refractivity contribution < 1.29 is 14.3 Å². The van der Waals surface area contributed by atoms with Gasteiger partial charge in [-0.2, -0.15) is 5.26 Å². The average Bonchev–Trinajstić information content (AvgIpc) is 2.79. The molecule has 0 aliphatic carbocycles. The van der Waals surface area contributed by atoms with Gasteiger partial charge in [0.25, 0.3) is 5.91 Å². The highest BCUT2D eigenvalue weighted by Gasteiger charge is 2.13. The lowest BCUT2D eigenvalue weighted by molar-refractivity contribution is -0.112. The minimum absolute atomic E-state index is 0.0286. The van der Waals surface area contributed by atoms with E-state index in [0.29, 0.717) is 29.4 Å². The molecule has 0 unspecified atom stereocenters. The van der Waals surface area contributed by atoms with Crippen LogP contribution in [0.5, 0.6) is 11.5 Å². The first-order valence-electron chi connectivity index (χ1n) is 9.96. The molecule has 0 saturated heterocycles. The number of anilines is 1. The fraction of sp³-hybridized carbons (Fsp3) is 0.154. The number of methoxy groups -OCH3 is 1. The smallest absolute Gasteiger partial charge is 0.266 e. The van der Waals surface area contributed by atoms with E-state index in [0.717, 1.165) is 21.2 Å². The molecular weight excluding hydrogens is 468 g/mol. The highest BCUT2D eigenvalue weighted by molar-refractivity contribution is 9.10. The maximum Gasteiger partial charge on any atom is 0.266 e. The van der Waals surface area contributed by atoms with Gasteiger partial charge < -0.3 is 14.8 Å². The van der Waals surface area contributed by atoms with Crippen molar-refractivity contribution in [3.63, 3.8) is 0 Å². The maximum atomic E-state index is 12.7. The van der Waals surface area contributed by atoms with Gasteiger partial charge in [-0.3, -0.25) is 4.79 Å². The van der Waals surface area contributed by atoms with E-state index in [1.54, 1.807) is 25.3 Å². The summed E-state index contributed by atoms with van der Waals surface area (Å²) < 4.78 is 12.3. The number of rotatable bonds is 7. The first-order valence-corrected chi connectivity index (χ1v) is 10.7. The van der Waals surface area contributed by atoms with Gasteiger partial charge in [0, 0.05) is 27.4 Å². The summed E-state index contributed by atoms with van der Waals surface area (Å²) in [5.74, 6) is 0.637. The van der Waals surface area contributed by atoms with Crippen LogP contribution in [0.4, 0.5) is 5.69 Å². The fourth-order valence-electron chi connectivity index (χ4n) is 2.98. The molecule has 1 N–H and O–H groups in total. The van der Waals surface area contributed by atoms with Gasteiger partial charge in [-0.25, -0.2) is 0 Å². The molecule has 0 aromatic heterocycles. The number of ether oxygens (including phenoxy) is 2. The molecule has 3 rings (SSSR count). The Kier molecular flexibility index (Phi) is 7.69. The number of amides is 1. The van der Waals surface area contributed by atoms with Crippen molar-refractivity contribution in [1.29, 1.82) is 5.26 Å². The largest absolute Gasteiger partial charge is 0.497 e. The van der Waals surface area contributed by atoms with Crippen molar-refractivity contribution in [3.8, 4) is 17.6 Å². The van der Waals surface area contributed by atoms with Crippen molar-refractivity contribution in [3.05, 3.63) is 93.0 Å². The van der Waals surface area contributed by atoms with Gasteiger partial charge in [0.1, 0.15) is 29.7 Å². The molecule has 3 aromatic rings. The molecule has 6 heteroatoms. The van der Waals surface area contributed by atoms with Crippen LogP contribution in [0.2, 0.25) is 0 Å². The van der Waals surface area contributed by atoms with Crippen LogP contribution in [0.25, 0.3) is 6.08 Å². The van der Waals surface area contributed by atoms with Crippen LogP contribution < -0.4 is 14.8 Å². The Balaban J connectivity index is 1.87. The predicted molar refractivity (Wildman–Crippen MR) is 130 cm³/mol. The zero-order valence-corrected chi connectivity index (χ0v) is 19.7. The van der Waals surface area contributed by atoms with E-state index in [2.05, 4.69) is 21.2 Å². The molecule has 0 aliphatic heterocycles. The summed E-state index contributed by atoms with van der Waals surface area (Å²) in [6, 6.07) is 20.6. The SMILES string of the molecule is COc1ccc(/C=C(\C#N)C(=O)Nc2ccc(C)c(C)c2)c(OCc2ccccc2Br)c1. The Hall–Kier alpha value is -3.56. The van der Waals surface area contributed by atoms with Crippen LogP contribution in [-0.4, -0.2) is 13.0 Å². The van der Waals surface area contributed by atoms with Crippen molar-refractivity contribution in [2.75, 3.05) is 12.4 Å². The summed E-state index contributed by atoms with van der Waals surface area (Å²) in [6.45, 7) is 4.28. The Morgan fingerprint density at radius 3 is 2.56 bits per heavy atom. The summed E-state index contributed by atoms with van der Waals surface area (Å²) in [7, 11) is 1.57. The maximum absolute atomic E-state index is 12.7. The van der Waals surface area contributed by atoms with Crippen LogP contribution in [0.3, 0.4) is 0 Å². The Bertz CT molecular complexity index is 1210. The second-order valence-corrected chi connectivity index (χ2v) is 8.06. The number of nitriles is 1. The highest BCUT2D eigenvalue weighted by Crippen LogP contribution is 2.29. The third-order valence-corrected chi connectivity index (χ3v) is 5.77. The lowest BCUT2D eigenvalue weighted by Gasteiger charge is -2.13. The number of hydrogen-bond donors (Lipinski definition) is 1. The molecule has 3 aromatic carbocycles. The Morgan fingerprint density at radius 2 is 1.88 bits per heavy atom. The van der Waals surface area contributed by atoms with Crippen molar-refractivity contribution >= 4 is 33.6 Å². The molecule has 0 fully saturated rings. The molecule has 1 amide bonds. The van der Waals surface area contributed by atoms with Crippen molar-refractivity contribution in [2.45, 2.75) is 20.5 Å². The number of benzene rings is 3. The summed E-state index contributed by atoms with van der Waals surface area (Å²) in [6.07, 6.45) is 1.52. The van der Waals surface area contributed by atoms with Gasteiger partial charge >= 0.3 is 0 Å². The van der Waals surface area contributed by atoms with Crippen LogP contribution in [-0.2, 0) is 11.4 Å². The first-order chi connectivity index (χ1) is 15.4. The summed E-state index contributed by atoms with van der Waals surface area (Å²) >= 11 is 3.52. The number of nitrogens with zero attached hydrogens (tertiary/aromatic N) is 1. The highest BCUT2D eigenvalue weighted by atomic mass is 79.9. The third kappa shape index (κ3) is 5.77. The standard InChI is InChI=1S/C26H23BrN2O3/c1-17-8-10-22(12-18(17)2)29-26(30)21(15-28)13-19-9-11-23(31-3)14-25(19)32-16-20-6-4-5-7-24(20)27/h4-14H,16H2,1-3H3,(H,29,30)/b21-13+. The van der Waals surface area contributed by atoms with Crippen molar-refractivity contribution in [2.24, 2.45) is 0 Å². The van der Waals surface area contributed by atoms with Gasteiger partial charge in [-0.15, -0.1) is 0 Å². The summed E-state index contributed by atoms with van der Waals surface area (Å²) in [4.78, 5) is 12.7. The molecule has 0 aliphatic rings. The van der Waals surface area contributed by atoms with Gasteiger partial charge in [0.05, 0.1) is 7.11 Å². The summed E-state index contributed by atoms with van der Waals surface area (Å²) in [5, 5.41) is 12.4. The molecule has 0 radical (unpaired) electrons. The number of nitrogens with one attached hydrogen (secondary N) is 1. The number of carbonyl (C=O) groups excluding carboxylic acids is 1. The zero-order chi connectivity index (χ0) is 23.1. The van der Waals surface area contributed by atoms with E-state index in [4.69, 9.17) is 9.47 Å². The van der Waals surface area contributed by atoms with E-state index in [1.165, 1.54) is 6.08 Å². The Morgan fingerprint density at radius 1 is 1.09 bits per heavy atom. The summed E-state index contributed by atoms with van der Waals surface area (Å²) in [5.41, 5.74) is 4.37. The molecule has 5 nitrogen and oxygen atoms in total. The quantitative estimate of drug-likeness (QED) is 0.316. The van der Waals surface area contributed by atoms with E-state index in [-0.39, 0.29) is 5.57 Å². The van der Waals surface area contributed by atoms with E-state index in [1.807, 2.05) is 62.4 Å². The molecular formula is C26H23BrN2O3. The van der Waals surface area contributed by atoms with E-state index >= 15 is 0 Å². The minimum Gasteiger partial charge on any atom is -0.497 e. The third-order valence-electron chi connectivity index (χ3n) is 4.99. The number of carbonyl (C=O) groups is 1.